The minimum absolute atomic E-state index is 0.152. The molecule has 0 aliphatic carbocycles. The molecule has 0 aliphatic heterocycles. The van der Waals surface area contributed by atoms with Gasteiger partial charge in [-0.3, -0.25) is 9.59 Å². The highest BCUT2D eigenvalue weighted by atomic mass is 16.5. The van der Waals surface area contributed by atoms with Crippen LogP contribution in [0.15, 0.2) is 0 Å². The van der Waals surface area contributed by atoms with Crippen LogP contribution in [0.1, 0.15) is 34.1 Å². The van der Waals surface area contributed by atoms with Gasteiger partial charge in [0.05, 0.1) is 5.60 Å². The molecular formula is C11H21NO4. The lowest BCUT2D eigenvalue weighted by Crippen LogP contribution is -2.44. The molecule has 0 saturated carbocycles. The van der Waals surface area contributed by atoms with Crippen molar-refractivity contribution in [1.82, 2.24) is 5.32 Å². The van der Waals surface area contributed by atoms with E-state index in [9.17, 15) is 9.59 Å². The zero-order valence-electron chi connectivity index (χ0n) is 10.6. The van der Waals surface area contributed by atoms with E-state index in [4.69, 9.17) is 9.84 Å². The monoisotopic (exact) mass is 231 g/mol. The van der Waals surface area contributed by atoms with Gasteiger partial charge in [0.2, 0.25) is 5.91 Å². The molecule has 1 atom stereocenters. The Morgan fingerprint density at radius 1 is 1.25 bits per heavy atom. The first kappa shape index (κ1) is 14.9. The molecule has 0 aliphatic rings. The van der Waals surface area contributed by atoms with Crippen LogP contribution in [0.5, 0.6) is 0 Å². The molecule has 1 amide bonds. The minimum atomic E-state index is -1.43. The highest BCUT2D eigenvalue weighted by Crippen LogP contribution is 2.23. The number of ether oxygens (including phenoxy) is 1. The maximum atomic E-state index is 11.5. The van der Waals surface area contributed by atoms with Gasteiger partial charge in [-0.15, -0.1) is 0 Å². The van der Waals surface area contributed by atoms with Crippen LogP contribution >= 0.6 is 0 Å². The highest BCUT2D eigenvalue weighted by Gasteiger charge is 2.40. The third kappa shape index (κ3) is 4.18. The smallest absolute Gasteiger partial charge is 0.319 e. The molecule has 5 heteroatoms. The van der Waals surface area contributed by atoms with Gasteiger partial charge in [0.25, 0.3) is 0 Å². The average molecular weight is 231 g/mol. The van der Waals surface area contributed by atoms with E-state index in [0.717, 1.165) is 0 Å². The number of amides is 1. The maximum Gasteiger partial charge on any atom is 0.319 e. The fraction of sp³-hybridized carbons (Fsp3) is 0.818. The van der Waals surface area contributed by atoms with Crippen molar-refractivity contribution >= 4 is 11.9 Å². The van der Waals surface area contributed by atoms with Crippen LogP contribution in [-0.2, 0) is 14.3 Å². The standard InChI is InChI=1S/C11H21NO4/c1-10(2,3)16-7-6-11(4,9(14)15)8(13)12-5/h6-7H2,1-5H3,(H,12,13)(H,14,15). The third-order valence-corrected chi connectivity index (χ3v) is 2.34. The van der Waals surface area contributed by atoms with Crippen LogP contribution in [0.2, 0.25) is 0 Å². The van der Waals surface area contributed by atoms with Crippen molar-refractivity contribution in [2.24, 2.45) is 5.41 Å². The van der Waals surface area contributed by atoms with Crippen molar-refractivity contribution in [2.45, 2.75) is 39.7 Å². The fourth-order valence-electron chi connectivity index (χ4n) is 1.15. The lowest BCUT2D eigenvalue weighted by molar-refractivity contribution is -0.156. The van der Waals surface area contributed by atoms with Gasteiger partial charge in [-0.2, -0.15) is 0 Å². The van der Waals surface area contributed by atoms with E-state index in [1.165, 1.54) is 14.0 Å². The van der Waals surface area contributed by atoms with Crippen molar-refractivity contribution in [3.8, 4) is 0 Å². The number of carboxylic acids is 1. The quantitative estimate of drug-likeness (QED) is 0.693. The molecule has 0 bridgehead atoms. The predicted octanol–water partition coefficient (Wildman–Crippen LogP) is 1.03. The molecule has 0 saturated heterocycles. The Morgan fingerprint density at radius 3 is 2.06 bits per heavy atom. The molecule has 0 heterocycles. The van der Waals surface area contributed by atoms with Crippen LogP contribution in [0.3, 0.4) is 0 Å². The highest BCUT2D eigenvalue weighted by molar-refractivity contribution is 6.01. The molecule has 0 spiro atoms. The molecule has 0 aromatic carbocycles. The van der Waals surface area contributed by atoms with Gasteiger partial charge in [-0.05, 0) is 34.1 Å². The number of hydrogen-bond donors (Lipinski definition) is 2. The Morgan fingerprint density at radius 2 is 1.75 bits per heavy atom. The Labute approximate surface area is 96.2 Å². The molecule has 16 heavy (non-hydrogen) atoms. The summed E-state index contributed by atoms with van der Waals surface area (Å²) in [5.41, 5.74) is -1.76. The Balaban J connectivity index is 4.48. The van der Waals surface area contributed by atoms with Crippen molar-refractivity contribution in [2.75, 3.05) is 13.7 Å². The molecule has 0 fully saturated rings. The van der Waals surface area contributed by atoms with E-state index in [2.05, 4.69) is 5.32 Å². The van der Waals surface area contributed by atoms with E-state index in [1.54, 1.807) is 0 Å². The number of hydrogen-bond acceptors (Lipinski definition) is 3. The number of aliphatic carboxylic acids is 1. The van der Waals surface area contributed by atoms with Gasteiger partial charge in [-0.1, -0.05) is 0 Å². The summed E-state index contributed by atoms with van der Waals surface area (Å²) < 4.78 is 5.43. The van der Waals surface area contributed by atoms with Gasteiger partial charge in [0, 0.05) is 13.7 Å². The van der Waals surface area contributed by atoms with E-state index in [0.29, 0.717) is 0 Å². The fourth-order valence-corrected chi connectivity index (χ4v) is 1.15. The molecule has 0 aromatic rings. The SMILES string of the molecule is CNC(=O)C(C)(CCOC(C)(C)C)C(=O)O. The summed E-state index contributed by atoms with van der Waals surface area (Å²) in [6, 6.07) is 0. The molecule has 0 rings (SSSR count). The first-order chi connectivity index (χ1) is 7.13. The normalized spacial score (nSPS) is 15.3. The Kier molecular flexibility index (Phi) is 4.93. The summed E-state index contributed by atoms with van der Waals surface area (Å²) in [4.78, 5) is 22.5. The second kappa shape index (κ2) is 5.30. The number of carboxylic acid groups (broad SMARTS) is 1. The maximum absolute atomic E-state index is 11.5. The van der Waals surface area contributed by atoms with Crippen molar-refractivity contribution in [3.63, 3.8) is 0 Å². The predicted molar refractivity (Wildman–Crippen MR) is 60.1 cm³/mol. The van der Waals surface area contributed by atoms with Gasteiger partial charge in [-0.25, -0.2) is 0 Å². The number of rotatable bonds is 5. The summed E-state index contributed by atoms with van der Waals surface area (Å²) in [6.07, 6.45) is 0.152. The first-order valence-corrected chi connectivity index (χ1v) is 5.23. The van der Waals surface area contributed by atoms with Gasteiger partial charge >= 0.3 is 5.97 Å². The van der Waals surface area contributed by atoms with Crippen LogP contribution in [0.4, 0.5) is 0 Å². The number of nitrogens with one attached hydrogen (secondary N) is 1. The molecule has 2 N–H and O–H groups in total. The molecular weight excluding hydrogens is 210 g/mol. The van der Waals surface area contributed by atoms with Crippen molar-refractivity contribution in [1.29, 1.82) is 0 Å². The third-order valence-electron chi connectivity index (χ3n) is 2.34. The molecule has 0 aromatic heterocycles. The summed E-state index contributed by atoms with van der Waals surface area (Å²) >= 11 is 0. The van der Waals surface area contributed by atoms with Crippen molar-refractivity contribution < 1.29 is 19.4 Å². The lowest BCUT2D eigenvalue weighted by atomic mass is 9.86. The second-order valence-electron chi connectivity index (χ2n) is 4.93. The summed E-state index contributed by atoms with van der Waals surface area (Å²) in [7, 11) is 1.42. The Bertz CT molecular complexity index is 270. The largest absolute Gasteiger partial charge is 0.480 e. The number of carbonyl (C=O) groups excluding carboxylic acids is 1. The van der Waals surface area contributed by atoms with E-state index < -0.39 is 17.3 Å². The van der Waals surface area contributed by atoms with E-state index in [1.807, 2.05) is 20.8 Å². The molecule has 5 nitrogen and oxygen atoms in total. The summed E-state index contributed by atoms with van der Waals surface area (Å²) in [6.45, 7) is 7.28. The van der Waals surface area contributed by atoms with Gasteiger partial charge < -0.3 is 15.2 Å². The summed E-state index contributed by atoms with van der Waals surface area (Å²) in [5, 5.41) is 11.4. The van der Waals surface area contributed by atoms with E-state index >= 15 is 0 Å². The summed E-state index contributed by atoms with van der Waals surface area (Å²) in [5.74, 6) is -1.64. The topological polar surface area (TPSA) is 75.6 Å². The van der Waals surface area contributed by atoms with Crippen LogP contribution in [0.25, 0.3) is 0 Å². The van der Waals surface area contributed by atoms with Gasteiger partial charge in [0.15, 0.2) is 0 Å². The lowest BCUT2D eigenvalue weighted by Gasteiger charge is -2.25. The zero-order valence-corrected chi connectivity index (χ0v) is 10.6. The van der Waals surface area contributed by atoms with Crippen LogP contribution < -0.4 is 5.32 Å². The van der Waals surface area contributed by atoms with Gasteiger partial charge in [0.1, 0.15) is 5.41 Å². The molecule has 94 valence electrons. The van der Waals surface area contributed by atoms with Crippen LogP contribution in [0, 0.1) is 5.41 Å². The van der Waals surface area contributed by atoms with Crippen molar-refractivity contribution in [3.05, 3.63) is 0 Å². The average Bonchev–Trinajstić information content (AvgIpc) is 2.13. The number of carbonyl (C=O) groups is 2. The van der Waals surface area contributed by atoms with Crippen LogP contribution in [-0.4, -0.2) is 36.2 Å². The molecule has 1 unspecified atom stereocenters. The Hall–Kier alpha value is -1.10. The first-order valence-electron chi connectivity index (χ1n) is 5.23. The molecule has 0 radical (unpaired) electrons. The van der Waals surface area contributed by atoms with E-state index in [-0.39, 0.29) is 18.6 Å². The second-order valence-corrected chi connectivity index (χ2v) is 4.93. The zero-order chi connectivity index (χ0) is 13.0. The minimum Gasteiger partial charge on any atom is -0.480 e.